The van der Waals surface area contributed by atoms with E-state index >= 15 is 0 Å². The Hall–Kier alpha value is -2.71. The van der Waals surface area contributed by atoms with Crippen molar-refractivity contribution in [2.75, 3.05) is 0 Å². The lowest BCUT2D eigenvalue weighted by molar-refractivity contribution is -0.0521. The van der Waals surface area contributed by atoms with E-state index in [0.29, 0.717) is 22.2 Å². The second-order valence-electron chi connectivity index (χ2n) is 5.69. The first-order valence-corrected chi connectivity index (χ1v) is 7.73. The molecule has 2 aromatic heterocycles. The van der Waals surface area contributed by atoms with E-state index in [0.717, 1.165) is 16.8 Å². The SMILES string of the molecule is CCC(F)(F)Cn1cc2ncc(-c3ccc(F)c(OC(F)F)c3)cc2n1. The fourth-order valence-electron chi connectivity index (χ4n) is 2.41. The third-order valence-corrected chi connectivity index (χ3v) is 3.80. The van der Waals surface area contributed by atoms with Gasteiger partial charge in [0.05, 0.1) is 6.20 Å². The molecule has 0 unspecified atom stereocenters. The third-order valence-electron chi connectivity index (χ3n) is 3.80. The van der Waals surface area contributed by atoms with Crippen LogP contribution in [0.25, 0.3) is 22.2 Å². The predicted molar refractivity (Wildman–Crippen MR) is 84.8 cm³/mol. The first-order chi connectivity index (χ1) is 12.3. The maximum atomic E-state index is 13.5. The van der Waals surface area contributed by atoms with E-state index < -0.39 is 30.6 Å². The highest BCUT2D eigenvalue weighted by Crippen LogP contribution is 2.29. The van der Waals surface area contributed by atoms with Gasteiger partial charge in [-0.3, -0.25) is 9.67 Å². The zero-order valence-corrected chi connectivity index (χ0v) is 13.6. The molecule has 0 aliphatic carbocycles. The minimum absolute atomic E-state index is 0.315. The number of aromatic nitrogens is 3. The zero-order valence-electron chi connectivity index (χ0n) is 13.6. The molecule has 0 spiro atoms. The Balaban J connectivity index is 1.94. The number of alkyl halides is 4. The van der Waals surface area contributed by atoms with Crippen molar-refractivity contribution in [1.82, 2.24) is 14.8 Å². The number of fused-ring (bicyclic) bond motifs is 1. The second-order valence-corrected chi connectivity index (χ2v) is 5.69. The largest absolute Gasteiger partial charge is 0.432 e. The average molecular weight is 371 g/mol. The molecular weight excluding hydrogens is 357 g/mol. The van der Waals surface area contributed by atoms with Crippen LogP contribution in [0.2, 0.25) is 0 Å². The molecule has 0 fully saturated rings. The highest BCUT2D eigenvalue weighted by molar-refractivity contribution is 5.80. The van der Waals surface area contributed by atoms with Crippen molar-refractivity contribution >= 4 is 11.0 Å². The maximum Gasteiger partial charge on any atom is 0.387 e. The van der Waals surface area contributed by atoms with Crippen molar-refractivity contribution in [3.05, 3.63) is 42.5 Å². The van der Waals surface area contributed by atoms with Crippen LogP contribution in [-0.4, -0.2) is 27.3 Å². The number of pyridine rings is 1. The van der Waals surface area contributed by atoms with Crippen molar-refractivity contribution in [1.29, 1.82) is 0 Å². The average Bonchev–Trinajstić information content (AvgIpc) is 2.97. The van der Waals surface area contributed by atoms with Crippen molar-refractivity contribution in [2.45, 2.75) is 32.4 Å². The van der Waals surface area contributed by atoms with Gasteiger partial charge in [-0.05, 0) is 23.8 Å². The molecule has 0 amide bonds. The van der Waals surface area contributed by atoms with Crippen LogP contribution >= 0.6 is 0 Å². The van der Waals surface area contributed by atoms with Gasteiger partial charge >= 0.3 is 6.61 Å². The first-order valence-electron chi connectivity index (χ1n) is 7.73. The second kappa shape index (κ2) is 6.89. The van der Waals surface area contributed by atoms with Crippen LogP contribution in [0.5, 0.6) is 5.75 Å². The molecule has 0 radical (unpaired) electrons. The maximum absolute atomic E-state index is 13.5. The molecular formula is C17H14F5N3O. The molecule has 138 valence electrons. The van der Waals surface area contributed by atoms with Crippen LogP contribution in [0.15, 0.2) is 36.7 Å². The van der Waals surface area contributed by atoms with Gasteiger partial charge in [0.25, 0.3) is 5.92 Å². The summed E-state index contributed by atoms with van der Waals surface area (Å²) in [4.78, 5) is 4.14. The molecule has 0 saturated heterocycles. The lowest BCUT2D eigenvalue weighted by atomic mass is 10.1. The van der Waals surface area contributed by atoms with Crippen molar-refractivity contribution in [2.24, 2.45) is 0 Å². The number of rotatable bonds is 6. The van der Waals surface area contributed by atoms with Crippen molar-refractivity contribution < 1.29 is 26.7 Å². The summed E-state index contributed by atoms with van der Waals surface area (Å²) in [6.07, 6.45) is 2.51. The predicted octanol–water partition coefficient (Wildman–Crippen LogP) is 4.88. The van der Waals surface area contributed by atoms with Crippen LogP contribution in [0.3, 0.4) is 0 Å². The number of ether oxygens (including phenoxy) is 1. The van der Waals surface area contributed by atoms with Gasteiger partial charge in [0.2, 0.25) is 0 Å². The molecule has 0 atom stereocenters. The summed E-state index contributed by atoms with van der Waals surface area (Å²) in [5, 5.41) is 4.07. The molecule has 9 heteroatoms. The summed E-state index contributed by atoms with van der Waals surface area (Å²) in [7, 11) is 0. The molecule has 26 heavy (non-hydrogen) atoms. The van der Waals surface area contributed by atoms with Gasteiger partial charge in [-0.15, -0.1) is 0 Å². The molecule has 1 aromatic carbocycles. The summed E-state index contributed by atoms with van der Waals surface area (Å²) in [6, 6.07) is 5.05. The third kappa shape index (κ3) is 3.92. The van der Waals surface area contributed by atoms with Crippen LogP contribution in [0.1, 0.15) is 13.3 Å². The summed E-state index contributed by atoms with van der Waals surface area (Å²) in [6.45, 7) is -2.35. The van der Waals surface area contributed by atoms with Gasteiger partial charge in [0.15, 0.2) is 11.6 Å². The van der Waals surface area contributed by atoms with Crippen LogP contribution in [0, 0.1) is 5.82 Å². The standard InChI is InChI=1S/C17H14F5N3O/c1-2-17(21,22)9-25-8-14-13(24-25)5-11(7-23-14)10-3-4-12(18)15(6-10)26-16(19)20/h3-8,16H,2,9H2,1H3. The summed E-state index contributed by atoms with van der Waals surface area (Å²) >= 11 is 0. The molecule has 0 aliphatic rings. The van der Waals surface area contributed by atoms with Crippen molar-refractivity contribution in [3.63, 3.8) is 0 Å². The Labute approximate surface area is 145 Å². The normalized spacial score (nSPS) is 12.1. The Morgan fingerprint density at radius 3 is 2.62 bits per heavy atom. The van der Waals surface area contributed by atoms with Crippen LogP contribution < -0.4 is 4.74 Å². The highest BCUT2D eigenvalue weighted by atomic mass is 19.3. The molecule has 2 heterocycles. The summed E-state index contributed by atoms with van der Waals surface area (Å²) < 4.78 is 70.5. The van der Waals surface area contributed by atoms with Gasteiger partial charge in [-0.25, -0.2) is 13.2 Å². The van der Waals surface area contributed by atoms with Gasteiger partial charge in [-0.1, -0.05) is 13.0 Å². The van der Waals surface area contributed by atoms with E-state index in [2.05, 4.69) is 14.8 Å². The number of nitrogens with zero attached hydrogens (tertiary/aromatic N) is 3. The lowest BCUT2D eigenvalue weighted by Gasteiger charge is -2.12. The lowest BCUT2D eigenvalue weighted by Crippen LogP contribution is -2.22. The van der Waals surface area contributed by atoms with E-state index in [4.69, 9.17) is 0 Å². The molecule has 0 bridgehead atoms. The van der Waals surface area contributed by atoms with E-state index in [1.54, 1.807) is 6.07 Å². The van der Waals surface area contributed by atoms with Crippen molar-refractivity contribution in [3.8, 4) is 16.9 Å². The number of halogens is 5. The Morgan fingerprint density at radius 2 is 1.92 bits per heavy atom. The summed E-state index contributed by atoms with van der Waals surface area (Å²) in [5.41, 5.74) is 1.61. The van der Waals surface area contributed by atoms with Gasteiger partial charge < -0.3 is 4.74 Å². The van der Waals surface area contributed by atoms with Gasteiger partial charge in [0.1, 0.15) is 17.6 Å². The minimum atomic E-state index is -3.16. The first kappa shape index (κ1) is 18.1. The fraction of sp³-hybridized carbons (Fsp3) is 0.294. The summed E-state index contributed by atoms with van der Waals surface area (Å²) in [5.74, 6) is -4.40. The molecule has 4 nitrogen and oxygen atoms in total. The zero-order chi connectivity index (χ0) is 18.9. The fourth-order valence-corrected chi connectivity index (χ4v) is 2.41. The molecule has 0 N–H and O–H groups in total. The molecule has 0 aliphatic heterocycles. The quantitative estimate of drug-likeness (QED) is 0.580. The van der Waals surface area contributed by atoms with Crippen LogP contribution in [-0.2, 0) is 6.54 Å². The molecule has 3 aromatic rings. The Kier molecular flexibility index (Phi) is 4.80. The smallest absolute Gasteiger partial charge is 0.387 e. The topological polar surface area (TPSA) is 39.9 Å². The van der Waals surface area contributed by atoms with Gasteiger partial charge in [0, 0.05) is 18.2 Å². The van der Waals surface area contributed by atoms with Gasteiger partial charge in [-0.2, -0.15) is 13.9 Å². The van der Waals surface area contributed by atoms with E-state index in [1.165, 1.54) is 25.4 Å². The molecule has 0 saturated carbocycles. The monoisotopic (exact) mass is 371 g/mol. The number of hydrogen-bond donors (Lipinski definition) is 0. The highest BCUT2D eigenvalue weighted by Gasteiger charge is 2.27. The number of benzene rings is 1. The van der Waals surface area contributed by atoms with E-state index in [-0.39, 0.29) is 6.42 Å². The van der Waals surface area contributed by atoms with E-state index in [9.17, 15) is 22.0 Å². The molecule has 3 rings (SSSR count). The van der Waals surface area contributed by atoms with Crippen LogP contribution in [0.4, 0.5) is 22.0 Å². The number of hydrogen-bond acceptors (Lipinski definition) is 3. The Morgan fingerprint density at radius 1 is 1.15 bits per heavy atom. The minimum Gasteiger partial charge on any atom is -0.432 e. The Bertz CT molecular complexity index is 926. The van der Waals surface area contributed by atoms with E-state index in [1.807, 2.05) is 0 Å².